The van der Waals surface area contributed by atoms with Crippen molar-refractivity contribution in [3.05, 3.63) is 48.0 Å². The summed E-state index contributed by atoms with van der Waals surface area (Å²) in [4.78, 5) is 110. The van der Waals surface area contributed by atoms with Gasteiger partial charge in [-0.15, -0.1) is 0 Å². The van der Waals surface area contributed by atoms with Gasteiger partial charge in [0.1, 0.15) is 12.1 Å². The summed E-state index contributed by atoms with van der Waals surface area (Å²) in [5.41, 5.74) is 0.767. The summed E-state index contributed by atoms with van der Waals surface area (Å²) >= 11 is 0. The number of carbonyl (C=O) groups is 8. The normalized spacial score (nSPS) is 21.1. The summed E-state index contributed by atoms with van der Waals surface area (Å²) in [7, 11) is 6.18. The van der Waals surface area contributed by atoms with Gasteiger partial charge in [-0.1, -0.05) is 77.8 Å². The molecule has 0 spiro atoms. The number of nitrogens with zero attached hydrogens (tertiary/aromatic N) is 4. The number of nitrogens with one attached hydrogen (secondary N) is 2. The Kier molecular flexibility index (Phi) is 19.0. The molecule has 10 atom stereocenters. The monoisotopic (exact) mass is 895 g/mol. The van der Waals surface area contributed by atoms with Crippen molar-refractivity contribution in [2.24, 2.45) is 23.7 Å². The molecule has 3 N–H and O–H groups in total. The second-order valence-corrected chi connectivity index (χ2v) is 18.0. The molecule has 5 unspecified atom stereocenters. The molecule has 1 aromatic carbocycles. The van der Waals surface area contributed by atoms with Gasteiger partial charge in [-0.3, -0.25) is 38.5 Å². The van der Waals surface area contributed by atoms with Crippen molar-refractivity contribution in [2.45, 2.75) is 135 Å². The zero-order valence-electron chi connectivity index (χ0n) is 39.0. The number of piperidine rings is 1. The van der Waals surface area contributed by atoms with Gasteiger partial charge < -0.3 is 39.9 Å². The first-order chi connectivity index (χ1) is 30.4. The van der Waals surface area contributed by atoms with Crippen LogP contribution in [-0.2, 0) is 54.3 Å². The number of benzene rings is 1. The quantitative estimate of drug-likeness (QED) is 0.0910. The predicted molar refractivity (Wildman–Crippen MR) is 237 cm³/mol. The Morgan fingerprint density at radius 2 is 1.52 bits per heavy atom. The van der Waals surface area contributed by atoms with Crippen LogP contribution in [0.2, 0.25) is 0 Å². The number of amides is 7. The first-order valence-corrected chi connectivity index (χ1v) is 22.6. The minimum absolute atomic E-state index is 0.0280. The van der Waals surface area contributed by atoms with E-state index in [4.69, 9.17) is 9.47 Å². The first-order valence-electron chi connectivity index (χ1n) is 22.6. The second kappa shape index (κ2) is 23.7. The van der Waals surface area contributed by atoms with Gasteiger partial charge in [-0.2, -0.15) is 0 Å². The number of likely N-dealkylation sites (tertiary alicyclic amines) is 1. The smallest absolute Gasteiger partial charge is 0.326 e. The maximum atomic E-state index is 14.4. The van der Waals surface area contributed by atoms with Crippen LogP contribution in [-0.4, -0.2) is 156 Å². The zero-order chi connectivity index (χ0) is 47.4. The molecule has 0 aromatic heterocycles. The van der Waals surface area contributed by atoms with Crippen LogP contribution >= 0.6 is 0 Å². The fourth-order valence-electron chi connectivity index (χ4n) is 9.40. The van der Waals surface area contributed by atoms with Crippen LogP contribution in [0.15, 0.2) is 42.5 Å². The maximum absolute atomic E-state index is 14.4. The molecule has 4 rings (SSSR count). The Morgan fingerprint density at radius 3 is 2.09 bits per heavy atom. The molecule has 0 radical (unpaired) electrons. The van der Waals surface area contributed by atoms with E-state index in [1.54, 1.807) is 45.3 Å². The minimum atomic E-state index is -1.16. The molecule has 64 heavy (non-hydrogen) atoms. The molecule has 2 aliphatic heterocycles. The van der Waals surface area contributed by atoms with E-state index in [9.17, 15) is 43.5 Å². The van der Waals surface area contributed by atoms with E-state index in [2.05, 4.69) is 10.6 Å². The summed E-state index contributed by atoms with van der Waals surface area (Å²) in [5, 5.41) is 15.4. The van der Waals surface area contributed by atoms with Crippen LogP contribution in [0.25, 0.3) is 0 Å². The highest BCUT2D eigenvalue weighted by atomic mass is 16.5. The molecule has 1 saturated heterocycles. The largest absolute Gasteiger partial charge is 0.480 e. The van der Waals surface area contributed by atoms with Gasteiger partial charge in [0, 0.05) is 65.9 Å². The van der Waals surface area contributed by atoms with Crippen LogP contribution in [0.5, 0.6) is 0 Å². The molecule has 7 amide bonds. The second-order valence-electron chi connectivity index (χ2n) is 18.0. The molecule has 3 aliphatic rings. The fourth-order valence-corrected chi connectivity index (χ4v) is 9.40. The van der Waals surface area contributed by atoms with Crippen molar-refractivity contribution >= 4 is 47.3 Å². The summed E-state index contributed by atoms with van der Waals surface area (Å²) in [5.74, 6) is -4.56. The van der Waals surface area contributed by atoms with Crippen molar-refractivity contribution in [2.75, 3.05) is 41.4 Å². The lowest BCUT2D eigenvalue weighted by Crippen LogP contribution is -2.56. The average Bonchev–Trinajstić information content (AvgIpc) is 3.81. The Balaban J connectivity index is 1.36. The number of aliphatic carboxylic acids is 1. The number of carboxylic acids is 1. The molecule has 17 nitrogen and oxygen atoms in total. The molecule has 1 aromatic rings. The molecule has 1 aliphatic carbocycles. The number of carboxylic acid groups (broad SMARTS) is 1. The number of ether oxygens (including phenoxy) is 2. The Labute approximate surface area is 377 Å². The molecule has 1 saturated carbocycles. The molecule has 0 bridgehead atoms. The maximum Gasteiger partial charge on any atom is 0.326 e. The van der Waals surface area contributed by atoms with Crippen LogP contribution < -0.4 is 10.6 Å². The van der Waals surface area contributed by atoms with Gasteiger partial charge in [0.05, 0.1) is 43.2 Å². The predicted octanol–water partition coefficient (Wildman–Crippen LogP) is 2.80. The van der Waals surface area contributed by atoms with Gasteiger partial charge in [0.2, 0.25) is 29.5 Å². The van der Waals surface area contributed by atoms with Gasteiger partial charge >= 0.3 is 5.97 Å². The van der Waals surface area contributed by atoms with Crippen LogP contribution in [0.3, 0.4) is 0 Å². The number of likely N-dealkylation sites (N-methyl/N-ethyl adjacent to an activating group) is 2. The van der Waals surface area contributed by atoms with Gasteiger partial charge in [-0.25, -0.2) is 4.79 Å². The van der Waals surface area contributed by atoms with Crippen LogP contribution in [0.4, 0.5) is 0 Å². The minimum Gasteiger partial charge on any atom is -0.480 e. The molecule has 17 heteroatoms. The Hall–Kier alpha value is -5.16. The van der Waals surface area contributed by atoms with Crippen molar-refractivity contribution in [1.29, 1.82) is 0 Å². The molecular formula is C47H70N6O11. The fraction of sp³-hybridized carbons (Fsp3) is 0.660. The topological polar surface area (TPSA) is 212 Å². The third kappa shape index (κ3) is 13.0. The lowest BCUT2D eigenvalue weighted by Gasteiger charge is -2.40. The number of hydrogen-bond donors (Lipinski definition) is 3. The standard InChI is InChI=1S/C47H70N6O11/c1-10-29(4)43(51(7)41(58)27-48-46(60)42(28(2)3)50(6)37(54)19-15-12-16-22-52-38(55)20-21-39(52)56)36(63-8)26-40(57)53-34-24-32(34)25-35(53)44(64-9)30(5)45(59)49-33(47(61)62)23-31-17-13-11-14-18-31/h11,13-14,17-18,20-21,28-30,32-36,42-44H,10,12,15-16,19,22-27H2,1-9H3,(H,48,60)(H,49,59)(H,61,62)/t29-,30?,32?,33-,34?,35-,36?,42-,43-,44?/m0/s1. The van der Waals surface area contributed by atoms with E-state index >= 15 is 0 Å². The van der Waals surface area contributed by atoms with Crippen molar-refractivity contribution in [3.8, 4) is 0 Å². The Morgan fingerprint density at radius 1 is 0.859 bits per heavy atom. The van der Waals surface area contributed by atoms with Gasteiger partial charge in [-0.05, 0) is 49.0 Å². The van der Waals surface area contributed by atoms with Crippen molar-refractivity contribution in [3.63, 3.8) is 0 Å². The summed E-state index contributed by atoms with van der Waals surface area (Å²) in [6.07, 6.45) is 5.05. The number of fused-ring (bicyclic) bond motifs is 1. The third-order valence-electron chi connectivity index (χ3n) is 13.3. The Bertz CT molecular complexity index is 1840. The number of hydrogen-bond acceptors (Lipinski definition) is 10. The average molecular weight is 895 g/mol. The summed E-state index contributed by atoms with van der Waals surface area (Å²) in [6, 6.07) is 6.03. The highest BCUT2D eigenvalue weighted by molar-refractivity contribution is 6.12. The number of methoxy groups -OCH3 is 2. The van der Waals surface area contributed by atoms with Gasteiger partial charge in [0.15, 0.2) is 0 Å². The zero-order valence-corrected chi connectivity index (χ0v) is 39.0. The lowest BCUT2D eigenvalue weighted by molar-refractivity contribution is -0.148. The van der Waals surface area contributed by atoms with Gasteiger partial charge in [0.25, 0.3) is 11.8 Å². The van der Waals surface area contributed by atoms with E-state index in [0.717, 1.165) is 16.9 Å². The third-order valence-corrected chi connectivity index (χ3v) is 13.3. The number of carbonyl (C=O) groups excluding carboxylic acids is 7. The number of imide groups is 1. The van der Waals surface area contributed by atoms with Crippen molar-refractivity contribution < 1.29 is 52.9 Å². The lowest BCUT2D eigenvalue weighted by atomic mass is 9.90. The first kappa shape index (κ1) is 51.5. The van der Waals surface area contributed by atoms with Crippen LogP contribution in [0, 0.1) is 23.7 Å². The summed E-state index contributed by atoms with van der Waals surface area (Å²) < 4.78 is 11.9. The molecule has 2 heterocycles. The SMILES string of the molecule is CC[C@H](C)[C@@H](C(CC(=O)N1C2CC2C[C@H]1C(OC)C(C)C(=O)N[C@@H](Cc1ccccc1)C(=O)O)OC)N(C)C(=O)CNC(=O)[C@H](C(C)C)N(C)C(=O)CCCCCN1C(=O)C=CC1=O. The van der Waals surface area contributed by atoms with E-state index < -0.39 is 66.0 Å². The highest BCUT2D eigenvalue weighted by Gasteiger charge is 2.57. The number of rotatable bonds is 26. The van der Waals surface area contributed by atoms with E-state index in [1.807, 2.05) is 38.7 Å². The summed E-state index contributed by atoms with van der Waals surface area (Å²) in [6.45, 7) is 9.21. The van der Waals surface area contributed by atoms with Crippen molar-refractivity contribution in [1.82, 2.24) is 30.2 Å². The van der Waals surface area contributed by atoms with E-state index in [-0.39, 0.29) is 79.8 Å². The molecule has 354 valence electrons. The molecular weight excluding hydrogens is 825 g/mol. The van der Waals surface area contributed by atoms with Crippen LogP contribution in [0.1, 0.15) is 91.5 Å². The number of unbranched alkanes of at least 4 members (excludes halogenated alkanes) is 2. The highest BCUT2D eigenvalue weighted by Crippen LogP contribution is 2.50. The van der Waals surface area contributed by atoms with E-state index in [0.29, 0.717) is 32.1 Å². The van der Waals surface area contributed by atoms with E-state index in [1.165, 1.54) is 36.2 Å². The molecule has 2 fully saturated rings.